The number of alkyl halides is 3. The van der Waals surface area contributed by atoms with E-state index in [2.05, 4.69) is 20.7 Å². The molecular formula is C10H9BrCl2O5. The van der Waals surface area contributed by atoms with Crippen molar-refractivity contribution >= 4 is 51.1 Å². The average Bonchev–Trinajstić information content (AvgIpc) is 2.77. The van der Waals surface area contributed by atoms with Crippen molar-refractivity contribution < 1.29 is 23.5 Å². The summed E-state index contributed by atoms with van der Waals surface area (Å²) in [6.45, 7) is -0.161. The number of rotatable bonds is 5. The van der Waals surface area contributed by atoms with Crippen molar-refractivity contribution in [2.45, 2.75) is 16.8 Å². The van der Waals surface area contributed by atoms with Gasteiger partial charge in [0.2, 0.25) is 4.84 Å². The molecule has 0 fully saturated rings. The Bertz CT molecular complexity index is 443. The molecule has 0 atom stereocenters. The highest BCUT2D eigenvalue weighted by Gasteiger charge is 2.19. The smallest absolute Gasteiger partial charge is 0.341 e. The van der Waals surface area contributed by atoms with Crippen LogP contribution in [0, 0.1) is 0 Å². The van der Waals surface area contributed by atoms with E-state index in [9.17, 15) is 9.59 Å². The first-order valence-corrected chi connectivity index (χ1v) is 6.69. The van der Waals surface area contributed by atoms with Crippen LogP contribution in [-0.4, -0.2) is 23.9 Å². The fourth-order valence-electron chi connectivity index (χ4n) is 1.14. The van der Waals surface area contributed by atoms with Crippen LogP contribution in [0.5, 0.6) is 0 Å². The van der Waals surface area contributed by atoms with Gasteiger partial charge in [0.15, 0.2) is 0 Å². The number of hydrogen-bond acceptors (Lipinski definition) is 5. The predicted molar refractivity (Wildman–Crippen MR) is 68.0 cm³/mol. The zero-order valence-corrected chi connectivity index (χ0v) is 12.3. The number of methoxy groups -OCH3 is 1. The summed E-state index contributed by atoms with van der Waals surface area (Å²) < 4.78 is 14.6. The zero-order valence-electron chi connectivity index (χ0n) is 9.24. The summed E-state index contributed by atoms with van der Waals surface area (Å²) in [7, 11) is 1.26. The maximum atomic E-state index is 11.4. The molecule has 100 valence electrons. The molecule has 0 unspecified atom stereocenters. The van der Waals surface area contributed by atoms with Gasteiger partial charge in [-0.05, 0) is 6.07 Å². The molecule has 8 heteroatoms. The zero-order chi connectivity index (χ0) is 13.7. The van der Waals surface area contributed by atoms with E-state index in [0.29, 0.717) is 16.9 Å². The van der Waals surface area contributed by atoms with Crippen LogP contribution in [0.15, 0.2) is 10.5 Å². The molecule has 5 nitrogen and oxygen atoms in total. The Morgan fingerprint density at radius 3 is 2.67 bits per heavy atom. The Morgan fingerprint density at radius 1 is 1.50 bits per heavy atom. The SMILES string of the molecule is COC(=O)c1cc(COC(=O)C(Cl)Cl)oc1CBr. The third-order valence-corrected chi connectivity index (χ3v) is 2.79. The molecule has 1 aromatic rings. The first-order valence-electron chi connectivity index (χ1n) is 4.70. The number of halogens is 3. The maximum absolute atomic E-state index is 11.4. The minimum Gasteiger partial charge on any atom is -0.465 e. The first-order chi connectivity index (χ1) is 8.49. The highest BCUT2D eigenvalue weighted by atomic mass is 79.9. The van der Waals surface area contributed by atoms with Crippen molar-refractivity contribution in [3.05, 3.63) is 23.2 Å². The van der Waals surface area contributed by atoms with Crippen molar-refractivity contribution in [3.8, 4) is 0 Å². The highest BCUT2D eigenvalue weighted by Crippen LogP contribution is 2.20. The minimum atomic E-state index is -1.25. The van der Waals surface area contributed by atoms with Crippen molar-refractivity contribution in [3.63, 3.8) is 0 Å². The van der Waals surface area contributed by atoms with Gasteiger partial charge >= 0.3 is 11.9 Å². The standard InChI is InChI=1S/C10H9BrCl2O5/c1-16-9(14)6-2-5(18-7(6)3-11)4-17-10(15)8(12)13/h2,8H,3-4H2,1H3. The van der Waals surface area contributed by atoms with E-state index in [0.717, 1.165) is 0 Å². The molecule has 0 aliphatic carbocycles. The molecule has 0 bridgehead atoms. The maximum Gasteiger partial charge on any atom is 0.341 e. The number of furan rings is 1. The van der Waals surface area contributed by atoms with E-state index in [-0.39, 0.29) is 12.2 Å². The molecule has 0 saturated carbocycles. The minimum absolute atomic E-state index is 0.161. The van der Waals surface area contributed by atoms with Gasteiger partial charge in [0.05, 0.1) is 12.4 Å². The molecular weight excluding hydrogens is 351 g/mol. The van der Waals surface area contributed by atoms with Gasteiger partial charge in [0.1, 0.15) is 23.7 Å². The van der Waals surface area contributed by atoms with Crippen LogP contribution in [0.2, 0.25) is 0 Å². The molecule has 18 heavy (non-hydrogen) atoms. The molecule has 0 saturated heterocycles. The molecule has 0 aromatic carbocycles. The lowest BCUT2D eigenvalue weighted by atomic mass is 10.2. The van der Waals surface area contributed by atoms with Crippen molar-refractivity contribution in [2.75, 3.05) is 7.11 Å². The molecule has 0 spiro atoms. The largest absolute Gasteiger partial charge is 0.465 e. The van der Waals surface area contributed by atoms with Crippen LogP contribution in [0.3, 0.4) is 0 Å². The quantitative estimate of drug-likeness (QED) is 0.597. The molecule has 1 heterocycles. The molecule has 0 N–H and O–H groups in total. The predicted octanol–water partition coefficient (Wildman–Crippen LogP) is 2.81. The summed E-state index contributed by atoms with van der Waals surface area (Å²) in [5.74, 6) is -0.624. The summed E-state index contributed by atoms with van der Waals surface area (Å²) >= 11 is 13.8. The third kappa shape index (κ3) is 3.90. The van der Waals surface area contributed by atoms with Crippen molar-refractivity contribution in [1.29, 1.82) is 0 Å². The fraction of sp³-hybridized carbons (Fsp3) is 0.400. The first kappa shape index (κ1) is 15.3. The fourth-order valence-corrected chi connectivity index (χ4v) is 1.69. The second-order valence-electron chi connectivity index (χ2n) is 3.08. The van der Waals surface area contributed by atoms with Crippen LogP contribution >= 0.6 is 39.1 Å². The van der Waals surface area contributed by atoms with Gasteiger partial charge in [0.25, 0.3) is 0 Å². The van der Waals surface area contributed by atoms with E-state index >= 15 is 0 Å². The highest BCUT2D eigenvalue weighted by molar-refractivity contribution is 9.08. The van der Waals surface area contributed by atoms with Gasteiger partial charge in [-0.3, -0.25) is 0 Å². The van der Waals surface area contributed by atoms with E-state index in [1.54, 1.807) is 0 Å². The van der Waals surface area contributed by atoms with Crippen LogP contribution < -0.4 is 0 Å². The van der Waals surface area contributed by atoms with Gasteiger partial charge < -0.3 is 13.9 Å². The Morgan fingerprint density at radius 2 is 2.17 bits per heavy atom. The van der Waals surface area contributed by atoms with Crippen LogP contribution in [-0.2, 0) is 26.2 Å². The number of carbonyl (C=O) groups is 2. The number of esters is 2. The average molecular weight is 360 g/mol. The summed E-state index contributed by atoms with van der Waals surface area (Å²) in [5.41, 5.74) is 0.272. The summed E-state index contributed by atoms with van der Waals surface area (Å²) in [5, 5.41) is 0.332. The molecule has 0 radical (unpaired) electrons. The van der Waals surface area contributed by atoms with E-state index in [4.69, 9.17) is 32.4 Å². The molecule has 0 aliphatic rings. The lowest BCUT2D eigenvalue weighted by Crippen LogP contribution is -2.11. The van der Waals surface area contributed by atoms with Gasteiger partial charge in [-0.2, -0.15) is 0 Å². The van der Waals surface area contributed by atoms with Crippen molar-refractivity contribution in [1.82, 2.24) is 0 Å². The van der Waals surface area contributed by atoms with Crippen LogP contribution in [0.4, 0.5) is 0 Å². The van der Waals surface area contributed by atoms with Gasteiger partial charge in [-0.1, -0.05) is 39.1 Å². The van der Waals surface area contributed by atoms with E-state index in [1.165, 1.54) is 13.2 Å². The normalized spacial score (nSPS) is 10.5. The third-order valence-electron chi connectivity index (χ3n) is 1.92. The lowest BCUT2D eigenvalue weighted by molar-refractivity contribution is -0.143. The van der Waals surface area contributed by atoms with Gasteiger partial charge in [-0.15, -0.1) is 0 Å². The Kier molecular flexibility index (Phi) is 5.98. The molecule has 1 rings (SSSR count). The van der Waals surface area contributed by atoms with Gasteiger partial charge in [0, 0.05) is 0 Å². The second-order valence-corrected chi connectivity index (χ2v) is 4.74. The lowest BCUT2D eigenvalue weighted by Gasteiger charge is -2.01. The molecule has 0 amide bonds. The van der Waals surface area contributed by atoms with Gasteiger partial charge in [-0.25, -0.2) is 9.59 Å². The van der Waals surface area contributed by atoms with Crippen LogP contribution in [0.25, 0.3) is 0 Å². The number of carbonyl (C=O) groups excluding carboxylic acids is 2. The molecule has 1 aromatic heterocycles. The second kappa shape index (κ2) is 7.01. The van der Waals surface area contributed by atoms with E-state index in [1.807, 2.05) is 0 Å². The monoisotopic (exact) mass is 358 g/mol. The summed E-state index contributed by atoms with van der Waals surface area (Å²) in [6.07, 6.45) is 0. The number of ether oxygens (including phenoxy) is 2. The Hall–Kier alpha value is -0.720. The summed E-state index contributed by atoms with van der Waals surface area (Å²) in [6, 6.07) is 1.44. The Balaban J connectivity index is 2.76. The van der Waals surface area contributed by atoms with Crippen LogP contribution in [0.1, 0.15) is 21.9 Å². The Labute approximate surface area is 121 Å². The summed E-state index contributed by atoms with van der Waals surface area (Å²) in [4.78, 5) is 21.2. The van der Waals surface area contributed by atoms with E-state index < -0.39 is 16.8 Å². The molecule has 0 aliphatic heterocycles. The van der Waals surface area contributed by atoms with Crippen molar-refractivity contribution in [2.24, 2.45) is 0 Å². The topological polar surface area (TPSA) is 65.7 Å². The number of hydrogen-bond donors (Lipinski definition) is 0.